The van der Waals surface area contributed by atoms with Crippen LogP contribution in [0.25, 0.3) is 0 Å². The van der Waals surface area contributed by atoms with Gasteiger partial charge in [0, 0.05) is 6.42 Å². The zero-order valence-electron chi connectivity index (χ0n) is 14.3. The van der Waals surface area contributed by atoms with Crippen LogP contribution in [0.15, 0.2) is 35.7 Å². The molecule has 3 aliphatic rings. The highest BCUT2D eigenvalue weighted by molar-refractivity contribution is 6.26. The van der Waals surface area contributed by atoms with Gasteiger partial charge in [-0.05, 0) is 49.9 Å². The number of carbonyl (C=O) groups excluding carboxylic acids is 2. The Kier molecular flexibility index (Phi) is 4.03. The molecule has 1 aromatic rings. The van der Waals surface area contributed by atoms with Crippen molar-refractivity contribution < 1.29 is 19.3 Å². The van der Waals surface area contributed by atoms with Crippen molar-refractivity contribution in [3.8, 4) is 5.75 Å². The van der Waals surface area contributed by atoms with Crippen LogP contribution in [0.4, 0.5) is 10.5 Å². The molecule has 1 aromatic carbocycles. The molecule has 0 spiro atoms. The Bertz CT molecular complexity index is 767. The van der Waals surface area contributed by atoms with Crippen molar-refractivity contribution in [1.82, 2.24) is 4.90 Å². The van der Waals surface area contributed by atoms with E-state index in [0.717, 1.165) is 49.2 Å². The fraction of sp³-hybridized carbons (Fsp3) is 0.421. The van der Waals surface area contributed by atoms with Gasteiger partial charge in [-0.3, -0.25) is 9.69 Å². The number of imide groups is 1. The molecule has 1 fully saturated rings. The predicted molar refractivity (Wildman–Crippen MR) is 93.3 cm³/mol. The van der Waals surface area contributed by atoms with E-state index in [-0.39, 0.29) is 11.9 Å². The number of fused-ring (bicyclic) bond motifs is 2. The number of allylic oxidation sites excluding steroid dienone is 2. The van der Waals surface area contributed by atoms with Crippen molar-refractivity contribution in [2.75, 3.05) is 11.5 Å². The van der Waals surface area contributed by atoms with Gasteiger partial charge in [-0.15, -0.1) is 0 Å². The van der Waals surface area contributed by atoms with Gasteiger partial charge >= 0.3 is 6.03 Å². The number of ether oxygens (including phenoxy) is 1. The second-order valence-electron chi connectivity index (χ2n) is 6.56. The Morgan fingerprint density at radius 2 is 1.92 bits per heavy atom. The van der Waals surface area contributed by atoms with Gasteiger partial charge in [-0.25, -0.2) is 14.7 Å². The van der Waals surface area contributed by atoms with E-state index in [1.165, 1.54) is 4.90 Å². The van der Waals surface area contributed by atoms with Gasteiger partial charge in [0.1, 0.15) is 5.75 Å². The van der Waals surface area contributed by atoms with Gasteiger partial charge in [-0.1, -0.05) is 6.92 Å². The molecule has 25 heavy (non-hydrogen) atoms. The van der Waals surface area contributed by atoms with Crippen LogP contribution in [0.3, 0.4) is 0 Å². The molecule has 1 saturated heterocycles. The molecule has 1 unspecified atom stereocenters. The highest BCUT2D eigenvalue weighted by Crippen LogP contribution is 2.34. The summed E-state index contributed by atoms with van der Waals surface area (Å²) in [7, 11) is 0. The molecule has 1 atom stereocenters. The molecule has 3 amide bonds. The van der Waals surface area contributed by atoms with E-state index in [1.807, 2.05) is 6.92 Å². The quantitative estimate of drug-likeness (QED) is 0.846. The number of rotatable bonds is 4. The lowest BCUT2D eigenvalue weighted by molar-refractivity contribution is -0.404. The first-order valence-electron chi connectivity index (χ1n) is 8.92. The number of nitrogens with one attached hydrogen (secondary N) is 1. The van der Waals surface area contributed by atoms with E-state index >= 15 is 0 Å². The van der Waals surface area contributed by atoms with E-state index in [2.05, 4.69) is 4.99 Å². The smallest absolute Gasteiger partial charge is 0.337 e. The zero-order chi connectivity index (χ0) is 17.4. The number of hydrogen-bond acceptors (Lipinski definition) is 3. The first kappa shape index (κ1) is 15.9. The molecular formula is C19H22N3O3+. The number of benzene rings is 1. The Morgan fingerprint density at radius 3 is 2.68 bits per heavy atom. The maximum Gasteiger partial charge on any atom is 0.337 e. The van der Waals surface area contributed by atoms with Gasteiger partial charge < -0.3 is 4.74 Å². The van der Waals surface area contributed by atoms with Gasteiger partial charge in [0.15, 0.2) is 18.0 Å². The lowest BCUT2D eigenvalue weighted by Gasteiger charge is -2.26. The molecule has 4 rings (SSSR count). The van der Waals surface area contributed by atoms with Gasteiger partial charge in [0.25, 0.3) is 5.91 Å². The minimum absolute atomic E-state index is 0.211. The van der Waals surface area contributed by atoms with E-state index in [1.54, 1.807) is 35.4 Å². The number of anilines is 1. The van der Waals surface area contributed by atoms with Crippen molar-refractivity contribution in [3.05, 3.63) is 35.7 Å². The maximum absolute atomic E-state index is 13.0. The molecule has 2 aliphatic heterocycles. The molecule has 130 valence electrons. The molecule has 0 saturated carbocycles. The SMILES string of the molecule is CCCOc1ccc(N2C(=O)C3C=[NH+]C4=C(CCCC4)N3C2=O)cc1. The standard InChI is InChI=1S/C19H21N3O3/c1-2-11-25-14-9-7-13(8-10-14)21-18(23)17-12-20-15-5-3-4-6-16(15)22(17)19(21)24/h7-10,12,17H,2-6,11H2,1H3/p+1. The van der Waals surface area contributed by atoms with Crippen molar-refractivity contribution >= 4 is 23.8 Å². The van der Waals surface area contributed by atoms with Gasteiger partial charge in [0.05, 0.1) is 18.0 Å². The highest BCUT2D eigenvalue weighted by atomic mass is 16.5. The van der Waals surface area contributed by atoms with Crippen LogP contribution < -0.4 is 14.6 Å². The number of amides is 3. The Morgan fingerprint density at radius 1 is 1.16 bits per heavy atom. The molecule has 6 heteroatoms. The van der Waals surface area contributed by atoms with Crippen molar-refractivity contribution in [2.45, 2.75) is 45.1 Å². The average Bonchev–Trinajstić information content (AvgIpc) is 2.91. The fourth-order valence-corrected chi connectivity index (χ4v) is 3.63. The Labute approximate surface area is 146 Å². The third-order valence-corrected chi connectivity index (χ3v) is 4.86. The monoisotopic (exact) mass is 340 g/mol. The van der Waals surface area contributed by atoms with E-state index in [0.29, 0.717) is 12.3 Å². The number of nitrogens with zero attached hydrogens (tertiary/aromatic N) is 2. The second kappa shape index (κ2) is 6.35. The van der Waals surface area contributed by atoms with E-state index in [4.69, 9.17) is 4.74 Å². The summed E-state index contributed by atoms with van der Waals surface area (Å²) in [5.74, 6) is 0.532. The van der Waals surface area contributed by atoms with Crippen LogP contribution in [0.1, 0.15) is 39.0 Å². The van der Waals surface area contributed by atoms with Crippen LogP contribution >= 0.6 is 0 Å². The fourth-order valence-electron chi connectivity index (χ4n) is 3.63. The predicted octanol–water partition coefficient (Wildman–Crippen LogP) is 1.56. The topological polar surface area (TPSA) is 63.8 Å². The third kappa shape index (κ3) is 2.62. The van der Waals surface area contributed by atoms with Crippen LogP contribution in [0, 0.1) is 0 Å². The van der Waals surface area contributed by atoms with Crippen molar-refractivity contribution in [2.24, 2.45) is 0 Å². The van der Waals surface area contributed by atoms with Crippen LogP contribution in [-0.2, 0) is 4.79 Å². The van der Waals surface area contributed by atoms with Crippen LogP contribution in [0.2, 0.25) is 0 Å². The average molecular weight is 340 g/mol. The van der Waals surface area contributed by atoms with E-state index < -0.39 is 6.04 Å². The van der Waals surface area contributed by atoms with Crippen molar-refractivity contribution in [1.29, 1.82) is 0 Å². The molecule has 0 aromatic heterocycles. The lowest BCUT2D eigenvalue weighted by Crippen LogP contribution is -2.74. The summed E-state index contributed by atoms with van der Waals surface area (Å²) in [5.41, 5.74) is 2.64. The minimum atomic E-state index is -0.555. The van der Waals surface area contributed by atoms with Gasteiger partial charge in [-0.2, -0.15) is 0 Å². The minimum Gasteiger partial charge on any atom is -0.494 e. The molecule has 0 bridgehead atoms. The summed E-state index contributed by atoms with van der Waals surface area (Å²) in [6, 6.07) is 6.32. The molecule has 0 radical (unpaired) electrons. The normalized spacial score (nSPS) is 22.4. The molecule has 1 aliphatic carbocycles. The maximum atomic E-state index is 13.0. The summed E-state index contributed by atoms with van der Waals surface area (Å²) in [6.45, 7) is 2.69. The van der Waals surface area contributed by atoms with Gasteiger partial charge in [0.2, 0.25) is 0 Å². The second-order valence-corrected chi connectivity index (χ2v) is 6.56. The molecule has 6 nitrogen and oxygen atoms in total. The summed E-state index contributed by atoms with van der Waals surface area (Å²) in [6.07, 6.45) is 6.60. The number of hydrogen-bond donors (Lipinski definition) is 1. The Hall–Kier alpha value is -2.63. The van der Waals surface area contributed by atoms with E-state index in [9.17, 15) is 9.59 Å². The molecule has 1 N–H and O–H groups in total. The molecular weight excluding hydrogens is 318 g/mol. The highest BCUT2D eigenvalue weighted by Gasteiger charge is 2.51. The summed E-state index contributed by atoms with van der Waals surface area (Å²) >= 11 is 0. The number of urea groups is 1. The largest absolute Gasteiger partial charge is 0.494 e. The Balaban J connectivity index is 1.62. The zero-order valence-corrected chi connectivity index (χ0v) is 14.3. The molecule has 2 heterocycles. The van der Waals surface area contributed by atoms with Crippen molar-refractivity contribution in [3.63, 3.8) is 0 Å². The third-order valence-electron chi connectivity index (χ3n) is 4.86. The van der Waals surface area contributed by atoms with Crippen LogP contribution in [-0.4, -0.2) is 35.7 Å². The van der Waals surface area contributed by atoms with Crippen LogP contribution in [0.5, 0.6) is 5.75 Å². The summed E-state index contributed by atoms with van der Waals surface area (Å²) in [4.78, 5) is 32.0. The first-order chi connectivity index (χ1) is 12.2. The first-order valence-corrected chi connectivity index (χ1v) is 8.92. The lowest BCUT2D eigenvalue weighted by atomic mass is 9.98. The summed E-state index contributed by atoms with van der Waals surface area (Å²) in [5, 5.41) is 0. The summed E-state index contributed by atoms with van der Waals surface area (Å²) < 4.78 is 5.57. The number of carbonyl (C=O) groups is 2.